The normalized spacial score (nSPS) is 25.0. The molecule has 72 valence electrons. The van der Waals surface area contributed by atoms with Gasteiger partial charge in [-0.1, -0.05) is 5.57 Å². The van der Waals surface area contributed by atoms with Crippen molar-refractivity contribution >= 4 is 5.97 Å². The van der Waals surface area contributed by atoms with Crippen LogP contribution < -0.4 is 0 Å². The van der Waals surface area contributed by atoms with Crippen molar-refractivity contribution in [3.8, 4) is 0 Å². The number of carboxylic acids is 1. The highest BCUT2D eigenvalue weighted by molar-refractivity contribution is 5.88. The Hall–Kier alpha value is -0.830. The molecule has 2 aliphatic rings. The maximum atomic E-state index is 11.0. The first kappa shape index (κ1) is 8.75. The van der Waals surface area contributed by atoms with Crippen molar-refractivity contribution in [1.82, 2.24) is 4.90 Å². The lowest BCUT2D eigenvalue weighted by Crippen LogP contribution is -2.31. The summed E-state index contributed by atoms with van der Waals surface area (Å²) in [5, 5.41) is 9.02. The van der Waals surface area contributed by atoms with Crippen LogP contribution in [0.4, 0.5) is 0 Å². The molecule has 0 aromatic rings. The van der Waals surface area contributed by atoms with E-state index in [1.54, 1.807) is 0 Å². The molecule has 1 fully saturated rings. The predicted molar refractivity (Wildman–Crippen MR) is 49.5 cm³/mol. The van der Waals surface area contributed by atoms with E-state index >= 15 is 0 Å². The van der Waals surface area contributed by atoms with E-state index in [0.717, 1.165) is 13.0 Å². The monoisotopic (exact) mass is 181 g/mol. The van der Waals surface area contributed by atoms with Crippen molar-refractivity contribution < 1.29 is 9.90 Å². The molecule has 1 N–H and O–H groups in total. The SMILES string of the molecule is CN1CCC(C2CC2)=C(C(=O)O)C1. The molecule has 3 nitrogen and oxygen atoms in total. The lowest BCUT2D eigenvalue weighted by atomic mass is 9.96. The highest BCUT2D eigenvalue weighted by Crippen LogP contribution is 2.41. The van der Waals surface area contributed by atoms with Crippen LogP contribution in [0.15, 0.2) is 11.1 Å². The van der Waals surface area contributed by atoms with Crippen LogP contribution in [0.1, 0.15) is 19.3 Å². The number of nitrogens with zero attached hydrogens (tertiary/aromatic N) is 1. The molecule has 13 heavy (non-hydrogen) atoms. The third-order valence-corrected chi connectivity index (χ3v) is 2.91. The van der Waals surface area contributed by atoms with Crippen LogP contribution in [0, 0.1) is 5.92 Å². The van der Waals surface area contributed by atoms with E-state index in [9.17, 15) is 4.79 Å². The number of rotatable bonds is 2. The van der Waals surface area contributed by atoms with Crippen molar-refractivity contribution in [2.75, 3.05) is 20.1 Å². The van der Waals surface area contributed by atoms with Gasteiger partial charge in [-0.05, 0) is 32.2 Å². The molecule has 1 saturated carbocycles. The Labute approximate surface area is 78.0 Å². The van der Waals surface area contributed by atoms with Crippen molar-refractivity contribution in [3.05, 3.63) is 11.1 Å². The molecular weight excluding hydrogens is 166 g/mol. The Kier molecular flexibility index (Phi) is 2.12. The van der Waals surface area contributed by atoms with Gasteiger partial charge >= 0.3 is 5.97 Å². The molecule has 0 radical (unpaired) electrons. The fourth-order valence-corrected chi connectivity index (χ4v) is 2.00. The number of aliphatic carboxylic acids is 1. The van der Waals surface area contributed by atoms with Gasteiger partial charge in [0.2, 0.25) is 0 Å². The van der Waals surface area contributed by atoms with E-state index < -0.39 is 5.97 Å². The minimum Gasteiger partial charge on any atom is -0.478 e. The first-order valence-corrected chi connectivity index (χ1v) is 4.82. The summed E-state index contributed by atoms with van der Waals surface area (Å²) in [6.07, 6.45) is 3.37. The van der Waals surface area contributed by atoms with Crippen LogP contribution in [0.3, 0.4) is 0 Å². The Bertz CT molecular complexity index is 266. The van der Waals surface area contributed by atoms with Gasteiger partial charge in [-0.25, -0.2) is 4.79 Å². The smallest absolute Gasteiger partial charge is 0.332 e. The second kappa shape index (κ2) is 3.14. The van der Waals surface area contributed by atoms with Gasteiger partial charge in [0.15, 0.2) is 0 Å². The molecule has 1 aliphatic carbocycles. The van der Waals surface area contributed by atoms with Crippen LogP contribution >= 0.6 is 0 Å². The quantitative estimate of drug-likeness (QED) is 0.693. The van der Waals surface area contributed by atoms with Crippen LogP contribution in [-0.4, -0.2) is 36.1 Å². The maximum absolute atomic E-state index is 11.0. The molecule has 0 aromatic heterocycles. The zero-order valence-corrected chi connectivity index (χ0v) is 7.92. The van der Waals surface area contributed by atoms with Gasteiger partial charge in [0, 0.05) is 13.1 Å². The van der Waals surface area contributed by atoms with E-state index in [4.69, 9.17) is 5.11 Å². The third kappa shape index (κ3) is 1.75. The molecule has 0 aromatic carbocycles. The van der Waals surface area contributed by atoms with Crippen LogP contribution in [0.2, 0.25) is 0 Å². The predicted octanol–water partition coefficient (Wildman–Crippen LogP) is 1.11. The van der Waals surface area contributed by atoms with Gasteiger partial charge in [-0.2, -0.15) is 0 Å². The van der Waals surface area contributed by atoms with Gasteiger partial charge in [0.25, 0.3) is 0 Å². The van der Waals surface area contributed by atoms with Crippen molar-refractivity contribution in [3.63, 3.8) is 0 Å². The summed E-state index contributed by atoms with van der Waals surface area (Å²) >= 11 is 0. The molecular formula is C10H15NO2. The topological polar surface area (TPSA) is 40.5 Å². The second-order valence-corrected chi connectivity index (χ2v) is 4.07. The summed E-state index contributed by atoms with van der Waals surface area (Å²) in [6.45, 7) is 1.64. The first-order valence-electron chi connectivity index (χ1n) is 4.82. The molecule has 0 spiro atoms. The van der Waals surface area contributed by atoms with E-state index in [1.165, 1.54) is 18.4 Å². The highest BCUT2D eigenvalue weighted by Gasteiger charge is 2.32. The Morgan fingerprint density at radius 2 is 2.23 bits per heavy atom. The van der Waals surface area contributed by atoms with E-state index in [-0.39, 0.29) is 0 Å². The lowest BCUT2D eigenvalue weighted by molar-refractivity contribution is -0.133. The summed E-state index contributed by atoms with van der Waals surface area (Å²) in [4.78, 5) is 13.0. The summed E-state index contributed by atoms with van der Waals surface area (Å²) in [5.74, 6) is -0.103. The molecule has 2 rings (SSSR count). The molecule has 0 amide bonds. The van der Waals surface area contributed by atoms with Gasteiger partial charge in [-0.15, -0.1) is 0 Å². The van der Waals surface area contributed by atoms with Crippen LogP contribution in [0.25, 0.3) is 0 Å². The zero-order chi connectivity index (χ0) is 9.42. The molecule has 0 unspecified atom stereocenters. The molecule has 1 aliphatic heterocycles. The number of carbonyl (C=O) groups is 1. The van der Waals surface area contributed by atoms with Crippen molar-refractivity contribution in [2.24, 2.45) is 5.92 Å². The maximum Gasteiger partial charge on any atom is 0.332 e. The standard InChI is InChI=1S/C10H15NO2/c1-11-5-4-8(7-2-3-7)9(6-11)10(12)13/h7H,2-6H2,1H3,(H,12,13). The number of hydrogen-bond acceptors (Lipinski definition) is 2. The van der Waals surface area contributed by atoms with Crippen LogP contribution in [-0.2, 0) is 4.79 Å². The number of hydrogen-bond donors (Lipinski definition) is 1. The highest BCUT2D eigenvalue weighted by atomic mass is 16.4. The fourth-order valence-electron chi connectivity index (χ4n) is 2.00. The average molecular weight is 181 g/mol. The van der Waals surface area contributed by atoms with E-state index in [2.05, 4.69) is 4.90 Å². The van der Waals surface area contributed by atoms with E-state index in [0.29, 0.717) is 18.0 Å². The minimum atomic E-state index is -0.714. The van der Waals surface area contributed by atoms with Gasteiger partial charge in [0.1, 0.15) is 0 Å². The summed E-state index contributed by atoms with van der Waals surface area (Å²) in [5.41, 5.74) is 1.89. The molecule has 0 atom stereocenters. The second-order valence-electron chi connectivity index (χ2n) is 4.07. The molecule has 3 heteroatoms. The molecule has 0 bridgehead atoms. The zero-order valence-electron chi connectivity index (χ0n) is 7.92. The summed E-state index contributed by atoms with van der Waals surface area (Å²) in [6, 6.07) is 0. The Balaban J connectivity index is 2.23. The average Bonchev–Trinajstić information content (AvgIpc) is 2.87. The van der Waals surface area contributed by atoms with Gasteiger partial charge in [0.05, 0.1) is 5.57 Å². The van der Waals surface area contributed by atoms with Crippen LogP contribution in [0.5, 0.6) is 0 Å². The van der Waals surface area contributed by atoms with Gasteiger partial charge in [-0.3, -0.25) is 0 Å². The van der Waals surface area contributed by atoms with Gasteiger partial charge < -0.3 is 10.0 Å². The summed E-state index contributed by atoms with van der Waals surface area (Å²) < 4.78 is 0. The fraction of sp³-hybridized carbons (Fsp3) is 0.700. The minimum absolute atomic E-state index is 0.611. The Morgan fingerprint density at radius 3 is 2.77 bits per heavy atom. The van der Waals surface area contributed by atoms with Crippen molar-refractivity contribution in [2.45, 2.75) is 19.3 Å². The van der Waals surface area contributed by atoms with Crippen molar-refractivity contribution in [1.29, 1.82) is 0 Å². The summed E-state index contributed by atoms with van der Waals surface area (Å²) in [7, 11) is 1.98. The van der Waals surface area contributed by atoms with E-state index in [1.807, 2.05) is 7.05 Å². The lowest BCUT2D eigenvalue weighted by Gasteiger charge is -2.25. The number of likely N-dealkylation sites (N-methyl/N-ethyl adjacent to an activating group) is 1. The Morgan fingerprint density at radius 1 is 1.54 bits per heavy atom. The molecule has 1 heterocycles. The number of carboxylic acid groups (broad SMARTS) is 1. The molecule has 0 saturated heterocycles. The largest absolute Gasteiger partial charge is 0.478 e. The first-order chi connectivity index (χ1) is 6.18. The third-order valence-electron chi connectivity index (χ3n) is 2.91.